The summed E-state index contributed by atoms with van der Waals surface area (Å²) in [4.78, 5) is 17.7. The number of aromatic nitrogens is 1. The number of benzene rings is 3. The van der Waals surface area contributed by atoms with E-state index in [2.05, 4.69) is 48.4 Å². The van der Waals surface area contributed by atoms with Gasteiger partial charge in [0.15, 0.2) is 0 Å². The first kappa shape index (κ1) is 24.3. The Bertz CT molecular complexity index is 1710. The van der Waals surface area contributed by atoms with Crippen LogP contribution in [0.3, 0.4) is 0 Å². The van der Waals surface area contributed by atoms with Crippen LogP contribution in [0.25, 0.3) is 38.6 Å². The van der Waals surface area contributed by atoms with Crippen LogP contribution in [0.5, 0.6) is 5.75 Å². The van der Waals surface area contributed by atoms with Crippen molar-refractivity contribution in [2.24, 2.45) is 0 Å². The van der Waals surface area contributed by atoms with E-state index in [1.807, 2.05) is 51.1 Å². The predicted octanol–water partition coefficient (Wildman–Crippen LogP) is 7.93. The zero-order valence-electron chi connectivity index (χ0n) is 22.0. The van der Waals surface area contributed by atoms with Gasteiger partial charge in [-0.15, -0.1) is 0 Å². The Kier molecular flexibility index (Phi) is 6.30. The molecule has 0 saturated heterocycles. The van der Waals surface area contributed by atoms with Crippen LogP contribution in [0.2, 0.25) is 0 Å². The lowest BCUT2D eigenvalue weighted by molar-refractivity contribution is -0.111. The Morgan fingerprint density at radius 2 is 1.78 bits per heavy atom. The molecule has 0 aliphatic rings. The van der Waals surface area contributed by atoms with Gasteiger partial charge in [-0.05, 0) is 81.7 Å². The number of hydrogen-bond acceptors (Lipinski definition) is 4. The monoisotopic (exact) mass is 490 g/mol. The van der Waals surface area contributed by atoms with E-state index in [0.717, 1.165) is 61.1 Å². The molecule has 186 valence electrons. The molecule has 0 atom stereocenters. The highest BCUT2D eigenvalue weighted by Crippen LogP contribution is 2.41. The molecule has 0 bridgehead atoms. The molecule has 2 heterocycles. The SMILES string of the molecule is COc1c(/C(C)=C/C(=O)Nc2cccc3nc(C)ccc23)cc2c(-c3ccc(C)cc3C)coc2c1C. The average molecular weight is 491 g/mol. The van der Waals surface area contributed by atoms with Crippen molar-refractivity contribution in [3.8, 4) is 16.9 Å². The summed E-state index contributed by atoms with van der Waals surface area (Å²) in [6, 6.07) is 18.1. The molecule has 1 amide bonds. The van der Waals surface area contributed by atoms with Crippen LogP contribution in [0.4, 0.5) is 5.69 Å². The number of rotatable bonds is 5. The van der Waals surface area contributed by atoms with Gasteiger partial charge < -0.3 is 14.5 Å². The molecule has 0 radical (unpaired) electrons. The molecule has 5 nitrogen and oxygen atoms in total. The number of nitrogens with zero attached hydrogens (tertiary/aromatic N) is 1. The number of aryl methyl sites for hydroxylation is 4. The number of anilines is 1. The van der Waals surface area contributed by atoms with E-state index < -0.39 is 0 Å². The number of hydrogen-bond donors (Lipinski definition) is 1. The standard InChI is InChI=1S/C32H30N2O3/c1-18-10-12-23(19(2)14-18)27-17-37-32-22(5)31(36-6)25(16-26(27)32)20(3)15-30(35)34-29-9-7-8-28-24(29)13-11-21(4)33-28/h7-17H,1-6H3,(H,34,35)/b20-15+. The summed E-state index contributed by atoms with van der Waals surface area (Å²) in [5.41, 5.74) is 10.4. The minimum absolute atomic E-state index is 0.216. The number of ether oxygens (including phenoxy) is 1. The molecule has 0 saturated carbocycles. The van der Waals surface area contributed by atoms with Gasteiger partial charge in [-0.1, -0.05) is 29.8 Å². The molecule has 37 heavy (non-hydrogen) atoms. The largest absolute Gasteiger partial charge is 0.496 e. The molecular formula is C32H30N2O3. The maximum Gasteiger partial charge on any atom is 0.248 e. The second-order valence-corrected chi connectivity index (χ2v) is 9.57. The average Bonchev–Trinajstić information content (AvgIpc) is 3.28. The molecule has 2 aromatic heterocycles. The fourth-order valence-electron chi connectivity index (χ4n) is 5.01. The summed E-state index contributed by atoms with van der Waals surface area (Å²) in [5, 5.41) is 4.92. The summed E-state index contributed by atoms with van der Waals surface area (Å²) < 4.78 is 11.8. The van der Waals surface area contributed by atoms with E-state index >= 15 is 0 Å². The lowest BCUT2D eigenvalue weighted by Gasteiger charge is -2.14. The summed E-state index contributed by atoms with van der Waals surface area (Å²) in [7, 11) is 1.64. The van der Waals surface area contributed by atoms with Crippen molar-refractivity contribution in [3.05, 3.63) is 94.9 Å². The number of nitrogens with one attached hydrogen (secondary N) is 1. The van der Waals surface area contributed by atoms with Crippen molar-refractivity contribution in [2.75, 3.05) is 12.4 Å². The highest BCUT2D eigenvalue weighted by Gasteiger charge is 2.19. The first-order chi connectivity index (χ1) is 17.8. The molecule has 3 aromatic carbocycles. The third-order valence-electron chi connectivity index (χ3n) is 6.82. The van der Waals surface area contributed by atoms with Crippen LogP contribution >= 0.6 is 0 Å². The quantitative estimate of drug-likeness (QED) is 0.254. The molecule has 0 unspecified atom stereocenters. The first-order valence-electron chi connectivity index (χ1n) is 12.3. The molecule has 5 heteroatoms. The highest BCUT2D eigenvalue weighted by molar-refractivity contribution is 6.09. The minimum Gasteiger partial charge on any atom is -0.496 e. The molecule has 0 aliphatic heterocycles. The number of methoxy groups -OCH3 is 1. The van der Waals surface area contributed by atoms with E-state index in [9.17, 15) is 4.79 Å². The van der Waals surface area contributed by atoms with Gasteiger partial charge in [0.2, 0.25) is 5.91 Å². The van der Waals surface area contributed by atoms with E-state index in [4.69, 9.17) is 9.15 Å². The van der Waals surface area contributed by atoms with Gasteiger partial charge >= 0.3 is 0 Å². The number of furan rings is 1. The molecule has 0 fully saturated rings. The van der Waals surface area contributed by atoms with E-state index in [1.54, 1.807) is 19.4 Å². The Labute approximate surface area is 216 Å². The number of allylic oxidation sites excluding steroid dienone is 1. The zero-order valence-corrected chi connectivity index (χ0v) is 22.0. The van der Waals surface area contributed by atoms with Gasteiger partial charge in [0.1, 0.15) is 11.3 Å². The third-order valence-corrected chi connectivity index (χ3v) is 6.82. The fraction of sp³-hybridized carbons (Fsp3) is 0.188. The summed E-state index contributed by atoms with van der Waals surface area (Å²) in [5.74, 6) is 0.479. The van der Waals surface area contributed by atoms with Gasteiger partial charge in [-0.3, -0.25) is 9.78 Å². The first-order valence-corrected chi connectivity index (χ1v) is 12.3. The lowest BCUT2D eigenvalue weighted by atomic mass is 9.94. The van der Waals surface area contributed by atoms with E-state index in [-0.39, 0.29) is 5.91 Å². The lowest BCUT2D eigenvalue weighted by Crippen LogP contribution is -2.09. The van der Waals surface area contributed by atoms with Gasteiger partial charge in [0, 0.05) is 39.2 Å². The van der Waals surface area contributed by atoms with Gasteiger partial charge in [0.05, 0.1) is 24.6 Å². The Hall–Kier alpha value is -4.38. The molecule has 5 aromatic rings. The van der Waals surface area contributed by atoms with Crippen LogP contribution in [0.15, 0.2) is 71.4 Å². The van der Waals surface area contributed by atoms with Crippen LogP contribution in [-0.2, 0) is 4.79 Å². The van der Waals surface area contributed by atoms with Crippen molar-refractivity contribution in [2.45, 2.75) is 34.6 Å². The molecular weight excluding hydrogens is 460 g/mol. The van der Waals surface area contributed by atoms with Crippen LogP contribution < -0.4 is 10.1 Å². The normalized spacial score (nSPS) is 11.8. The van der Waals surface area contributed by atoms with Crippen molar-refractivity contribution in [1.82, 2.24) is 4.98 Å². The summed E-state index contributed by atoms with van der Waals surface area (Å²) in [6.45, 7) is 10.1. The van der Waals surface area contributed by atoms with Crippen LogP contribution in [-0.4, -0.2) is 18.0 Å². The van der Waals surface area contributed by atoms with Crippen molar-refractivity contribution in [1.29, 1.82) is 0 Å². The van der Waals surface area contributed by atoms with Gasteiger partial charge in [0.25, 0.3) is 0 Å². The molecule has 1 N–H and O–H groups in total. The maximum atomic E-state index is 13.1. The van der Waals surface area contributed by atoms with Crippen molar-refractivity contribution >= 4 is 39.0 Å². The molecule has 0 aliphatic carbocycles. The van der Waals surface area contributed by atoms with Crippen LogP contribution in [0.1, 0.15) is 34.9 Å². The van der Waals surface area contributed by atoms with E-state index in [0.29, 0.717) is 5.75 Å². The smallest absolute Gasteiger partial charge is 0.248 e. The summed E-state index contributed by atoms with van der Waals surface area (Å²) >= 11 is 0. The van der Waals surface area contributed by atoms with Crippen molar-refractivity contribution < 1.29 is 13.9 Å². The molecule has 0 spiro atoms. The van der Waals surface area contributed by atoms with Gasteiger partial charge in [-0.2, -0.15) is 0 Å². The van der Waals surface area contributed by atoms with Gasteiger partial charge in [-0.25, -0.2) is 0 Å². The highest BCUT2D eigenvalue weighted by atomic mass is 16.5. The fourth-order valence-corrected chi connectivity index (χ4v) is 5.01. The van der Waals surface area contributed by atoms with E-state index in [1.165, 1.54) is 11.1 Å². The minimum atomic E-state index is -0.216. The molecule has 5 rings (SSSR count). The second kappa shape index (κ2) is 9.58. The number of amides is 1. The third kappa shape index (κ3) is 4.49. The Morgan fingerprint density at radius 1 is 0.973 bits per heavy atom. The topological polar surface area (TPSA) is 64.4 Å². The van der Waals surface area contributed by atoms with Crippen LogP contribution in [0, 0.1) is 27.7 Å². The Morgan fingerprint density at radius 3 is 2.54 bits per heavy atom. The Balaban J connectivity index is 1.56. The summed E-state index contributed by atoms with van der Waals surface area (Å²) in [6.07, 6.45) is 3.42. The van der Waals surface area contributed by atoms with Crippen molar-refractivity contribution in [3.63, 3.8) is 0 Å². The number of carbonyl (C=O) groups excluding carboxylic acids is 1. The maximum absolute atomic E-state index is 13.1. The number of carbonyl (C=O) groups is 1. The number of pyridine rings is 1. The number of fused-ring (bicyclic) bond motifs is 2. The second-order valence-electron chi connectivity index (χ2n) is 9.57. The zero-order chi connectivity index (χ0) is 26.3. The predicted molar refractivity (Wildman–Crippen MR) is 151 cm³/mol.